The molecule has 1 saturated heterocycles. The number of rotatable bonds is 3. The van der Waals surface area contributed by atoms with Crippen LogP contribution in [0.1, 0.15) is 39.5 Å². The van der Waals surface area contributed by atoms with Crippen molar-refractivity contribution in [2.24, 2.45) is 11.8 Å². The summed E-state index contributed by atoms with van der Waals surface area (Å²) in [5, 5.41) is 0. The van der Waals surface area contributed by atoms with Crippen molar-refractivity contribution < 1.29 is 4.79 Å². The number of nitrogens with zero attached hydrogens (tertiary/aromatic N) is 1. The Hall–Kier alpha value is -0.970. The number of hydrogen-bond acceptors (Lipinski definition) is 1. The molecule has 0 aromatic carbocycles. The first-order valence-electron chi connectivity index (χ1n) is 5.86. The van der Waals surface area contributed by atoms with E-state index in [9.17, 15) is 4.79 Å². The fraction of sp³-hybridized carbons (Fsp3) is 0.769. The molecule has 1 aliphatic heterocycles. The fourth-order valence-electron chi connectivity index (χ4n) is 2.16. The Morgan fingerprint density at radius 3 is 2.87 bits per heavy atom. The van der Waals surface area contributed by atoms with Crippen LogP contribution in [0.15, 0.2) is 0 Å². The van der Waals surface area contributed by atoms with E-state index in [0.29, 0.717) is 24.7 Å². The number of carbonyl (C=O) groups is 1. The Bertz CT molecular complexity index is 252. The third kappa shape index (κ3) is 3.58. The highest BCUT2D eigenvalue weighted by atomic mass is 16.2. The molecule has 1 fully saturated rings. The van der Waals surface area contributed by atoms with E-state index in [2.05, 4.69) is 19.8 Å². The van der Waals surface area contributed by atoms with Crippen LogP contribution in [0.25, 0.3) is 0 Å². The summed E-state index contributed by atoms with van der Waals surface area (Å²) >= 11 is 0. The minimum Gasteiger partial charge on any atom is -0.342 e. The van der Waals surface area contributed by atoms with Crippen molar-refractivity contribution in [2.45, 2.75) is 39.5 Å². The highest BCUT2D eigenvalue weighted by Crippen LogP contribution is 2.25. The van der Waals surface area contributed by atoms with Gasteiger partial charge in [-0.05, 0) is 24.7 Å². The summed E-state index contributed by atoms with van der Waals surface area (Å²) in [6.45, 7) is 6.11. The molecule has 1 rings (SSSR count). The van der Waals surface area contributed by atoms with Crippen molar-refractivity contribution >= 4 is 5.91 Å². The molecule has 2 nitrogen and oxygen atoms in total. The lowest BCUT2D eigenvalue weighted by molar-refractivity contribution is -0.130. The van der Waals surface area contributed by atoms with Crippen LogP contribution in [0.4, 0.5) is 0 Å². The highest BCUT2D eigenvalue weighted by Gasteiger charge is 2.23. The molecule has 0 aromatic rings. The van der Waals surface area contributed by atoms with Gasteiger partial charge in [0.25, 0.3) is 0 Å². The van der Waals surface area contributed by atoms with E-state index in [0.717, 1.165) is 25.9 Å². The van der Waals surface area contributed by atoms with Gasteiger partial charge in [-0.15, -0.1) is 12.3 Å². The zero-order chi connectivity index (χ0) is 11.3. The van der Waals surface area contributed by atoms with Crippen molar-refractivity contribution in [1.82, 2.24) is 4.90 Å². The molecule has 0 aromatic heterocycles. The predicted molar refractivity (Wildman–Crippen MR) is 62.2 cm³/mol. The summed E-state index contributed by atoms with van der Waals surface area (Å²) in [5.74, 6) is 4.27. The Morgan fingerprint density at radius 2 is 2.27 bits per heavy atom. The average Bonchev–Trinajstić information content (AvgIpc) is 2.38. The van der Waals surface area contributed by atoms with Crippen LogP contribution in [0.3, 0.4) is 0 Å². The summed E-state index contributed by atoms with van der Waals surface area (Å²) in [7, 11) is 0. The lowest BCUT2D eigenvalue weighted by Crippen LogP contribution is -2.31. The molecular formula is C13H21NO. The van der Waals surface area contributed by atoms with Gasteiger partial charge < -0.3 is 4.90 Å². The predicted octanol–water partition coefficient (Wildman–Crippen LogP) is 2.29. The maximum Gasteiger partial charge on any atom is 0.222 e. The first-order chi connectivity index (χ1) is 7.15. The number of hydrogen-bond donors (Lipinski definition) is 0. The second kappa shape index (κ2) is 5.80. The molecule has 0 radical (unpaired) electrons. The molecule has 2 heteroatoms. The van der Waals surface area contributed by atoms with Crippen LogP contribution >= 0.6 is 0 Å². The van der Waals surface area contributed by atoms with E-state index >= 15 is 0 Å². The zero-order valence-corrected chi connectivity index (χ0v) is 9.83. The van der Waals surface area contributed by atoms with Crippen LogP contribution in [0.5, 0.6) is 0 Å². The van der Waals surface area contributed by atoms with Crippen LogP contribution in [0.2, 0.25) is 0 Å². The van der Waals surface area contributed by atoms with Crippen LogP contribution in [-0.4, -0.2) is 23.9 Å². The number of carbonyl (C=O) groups excluding carboxylic acids is 1. The highest BCUT2D eigenvalue weighted by molar-refractivity contribution is 5.76. The smallest absolute Gasteiger partial charge is 0.222 e. The molecule has 1 amide bonds. The van der Waals surface area contributed by atoms with Gasteiger partial charge in [-0.3, -0.25) is 4.79 Å². The summed E-state index contributed by atoms with van der Waals surface area (Å²) in [6, 6.07) is 0. The molecule has 1 heterocycles. The van der Waals surface area contributed by atoms with Gasteiger partial charge in [-0.1, -0.05) is 13.8 Å². The SMILES string of the molecule is C#CCCN1CCC(C(C)C)CCC1=O. The van der Waals surface area contributed by atoms with Gasteiger partial charge in [0.05, 0.1) is 0 Å². The van der Waals surface area contributed by atoms with Gasteiger partial charge in [0.2, 0.25) is 5.91 Å². The van der Waals surface area contributed by atoms with E-state index in [1.54, 1.807) is 0 Å². The summed E-state index contributed by atoms with van der Waals surface area (Å²) in [5.41, 5.74) is 0. The molecular weight excluding hydrogens is 186 g/mol. The minimum absolute atomic E-state index is 0.286. The number of amides is 1. The van der Waals surface area contributed by atoms with E-state index in [4.69, 9.17) is 6.42 Å². The van der Waals surface area contributed by atoms with Gasteiger partial charge in [0, 0.05) is 25.9 Å². The average molecular weight is 207 g/mol. The van der Waals surface area contributed by atoms with Crippen LogP contribution in [-0.2, 0) is 4.79 Å². The molecule has 0 bridgehead atoms. The van der Waals surface area contributed by atoms with Gasteiger partial charge >= 0.3 is 0 Å². The number of likely N-dealkylation sites (tertiary alicyclic amines) is 1. The summed E-state index contributed by atoms with van der Waals surface area (Å²) in [6.07, 6.45) is 8.78. The Balaban J connectivity index is 2.48. The maximum atomic E-state index is 11.7. The van der Waals surface area contributed by atoms with Crippen LogP contribution in [0, 0.1) is 24.2 Å². The molecule has 1 atom stereocenters. The monoisotopic (exact) mass is 207 g/mol. The first kappa shape index (κ1) is 12.1. The normalized spacial score (nSPS) is 22.7. The largest absolute Gasteiger partial charge is 0.342 e. The minimum atomic E-state index is 0.286. The Morgan fingerprint density at radius 1 is 1.53 bits per heavy atom. The van der Waals surface area contributed by atoms with Crippen LogP contribution < -0.4 is 0 Å². The summed E-state index contributed by atoms with van der Waals surface area (Å²) in [4.78, 5) is 13.7. The number of terminal acetylenes is 1. The lowest BCUT2D eigenvalue weighted by atomic mass is 9.89. The van der Waals surface area contributed by atoms with E-state index < -0.39 is 0 Å². The molecule has 15 heavy (non-hydrogen) atoms. The molecule has 1 unspecified atom stereocenters. The quantitative estimate of drug-likeness (QED) is 0.650. The first-order valence-corrected chi connectivity index (χ1v) is 5.86. The van der Waals surface area contributed by atoms with Crippen molar-refractivity contribution in [1.29, 1.82) is 0 Å². The van der Waals surface area contributed by atoms with Crippen molar-refractivity contribution in [3.05, 3.63) is 0 Å². The van der Waals surface area contributed by atoms with Crippen molar-refractivity contribution in [3.8, 4) is 12.3 Å². The lowest BCUT2D eigenvalue weighted by Gasteiger charge is -2.20. The van der Waals surface area contributed by atoms with Gasteiger partial charge in [-0.25, -0.2) is 0 Å². The maximum absolute atomic E-state index is 11.7. The second-order valence-corrected chi connectivity index (χ2v) is 4.67. The van der Waals surface area contributed by atoms with Gasteiger partial charge in [0.1, 0.15) is 0 Å². The van der Waals surface area contributed by atoms with E-state index in [-0.39, 0.29) is 5.91 Å². The molecule has 0 aliphatic carbocycles. The van der Waals surface area contributed by atoms with E-state index in [1.807, 2.05) is 4.90 Å². The Labute approximate surface area is 93.0 Å². The van der Waals surface area contributed by atoms with Gasteiger partial charge in [-0.2, -0.15) is 0 Å². The molecule has 0 saturated carbocycles. The third-order valence-electron chi connectivity index (χ3n) is 3.32. The Kier molecular flexibility index (Phi) is 4.68. The molecule has 0 spiro atoms. The molecule has 1 aliphatic rings. The third-order valence-corrected chi connectivity index (χ3v) is 3.32. The summed E-state index contributed by atoms with van der Waals surface area (Å²) < 4.78 is 0. The zero-order valence-electron chi connectivity index (χ0n) is 9.83. The van der Waals surface area contributed by atoms with Gasteiger partial charge in [0.15, 0.2) is 0 Å². The van der Waals surface area contributed by atoms with Crippen molar-refractivity contribution in [3.63, 3.8) is 0 Å². The van der Waals surface area contributed by atoms with Crippen molar-refractivity contribution in [2.75, 3.05) is 13.1 Å². The molecule has 84 valence electrons. The molecule has 0 N–H and O–H groups in total. The van der Waals surface area contributed by atoms with E-state index in [1.165, 1.54) is 0 Å². The fourth-order valence-corrected chi connectivity index (χ4v) is 2.16. The second-order valence-electron chi connectivity index (χ2n) is 4.67. The topological polar surface area (TPSA) is 20.3 Å². The standard InChI is InChI=1S/C13H21NO/c1-4-5-9-14-10-8-12(11(2)3)6-7-13(14)15/h1,11-12H,5-10H2,2-3H3.